The number of nitrogens with zero attached hydrogens (tertiary/aromatic N) is 3. The largest absolute Gasteiger partial charge is 0.347 e. The number of hydrogen-bond acceptors (Lipinski definition) is 4. The fourth-order valence-corrected chi connectivity index (χ4v) is 5.12. The van der Waals surface area contributed by atoms with Gasteiger partial charge in [0.25, 0.3) is 11.5 Å². The van der Waals surface area contributed by atoms with Gasteiger partial charge in [-0.05, 0) is 69.7 Å². The van der Waals surface area contributed by atoms with E-state index in [9.17, 15) is 28.0 Å². The molecule has 3 amide bonds. The van der Waals surface area contributed by atoms with Crippen molar-refractivity contribution in [1.82, 2.24) is 19.4 Å². The number of halogens is 3. The summed E-state index contributed by atoms with van der Waals surface area (Å²) in [5.41, 5.74) is -1.53. The Bertz CT molecular complexity index is 1610. The standard InChI is InChI=1S/C28H30F3N5O4/c1-15(2)36-24-12-22(31)23(11-20(24)26(38)35(28(36)40)13-16-5-6-16)33-27(39)34-9-3-4-18(14-34)32-25(37)19-10-17(29)7-8-21(19)30/h7-8,10-12,15-16,18H,3-6,9,13-14H2,1-2H3,(H,32,37)(H,33,39). The highest BCUT2D eigenvalue weighted by molar-refractivity contribution is 5.95. The first kappa shape index (κ1) is 27.5. The monoisotopic (exact) mass is 557 g/mol. The van der Waals surface area contributed by atoms with Gasteiger partial charge in [-0.2, -0.15) is 0 Å². The third-order valence-corrected chi connectivity index (χ3v) is 7.37. The normalized spacial score (nSPS) is 17.4. The molecule has 2 N–H and O–H groups in total. The first-order valence-corrected chi connectivity index (χ1v) is 13.3. The molecule has 1 unspecified atom stereocenters. The molecule has 2 aliphatic rings. The Morgan fingerprint density at radius 2 is 1.77 bits per heavy atom. The molecule has 12 heteroatoms. The number of anilines is 1. The molecule has 1 aliphatic carbocycles. The van der Waals surface area contributed by atoms with Crippen LogP contribution in [0.1, 0.15) is 55.9 Å². The van der Waals surface area contributed by atoms with Crippen LogP contribution in [0.15, 0.2) is 39.9 Å². The van der Waals surface area contributed by atoms with Gasteiger partial charge in [0.1, 0.15) is 17.5 Å². The molecule has 2 fully saturated rings. The molecule has 2 aromatic carbocycles. The predicted molar refractivity (Wildman–Crippen MR) is 143 cm³/mol. The van der Waals surface area contributed by atoms with Gasteiger partial charge in [-0.1, -0.05) is 0 Å². The van der Waals surface area contributed by atoms with Crippen LogP contribution in [0.5, 0.6) is 0 Å². The smallest absolute Gasteiger partial charge is 0.331 e. The van der Waals surface area contributed by atoms with Crippen molar-refractivity contribution in [2.24, 2.45) is 5.92 Å². The number of piperidine rings is 1. The van der Waals surface area contributed by atoms with E-state index in [2.05, 4.69) is 10.6 Å². The van der Waals surface area contributed by atoms with Crippen LogP contribution in [0.25, 0.3) is 10.9 Å². The van der Waals surface area contributed by atoms with Crippen LogP contribution in [-0.2, 0) is 6.54 Å². The van der Waals surface area contributed by atoms with Gasteiger partial charge in [0, 0.05) is 37.8 Å². The van der Waals surface area contributed by atoms with Gasteiger partial charge in [-0.25, -0.2) is 22.8 Å². The second-order valence-corrected chi connectivity index (χ2v) is 10.8. The number of nitrogens with one attached hydrogen (secondary N) is 2. The Balaban J connectivity index is 1.36. The summed E-state index contributed by atoms with van der Waals surface area (Å²) < 4.78 is 45.3. The molecule has 40 heavy (non-hydrogen) atoms. The first-order valence-electron chi connectivity index (χ1n) is 13.3. The van der Waals surface area contributed by atoms with Gasteiger partial charge in [0.2, 0.25) is 0 Å². The van der Waals surface area contributed by atoms with Crippen LogP contribution < -0.4 is 21.9 Å². The maximum absolute atomic E-state index is 15.2. The molecular formula is C28H30F3N5O4. The Morgan fingerprint density at radius 3 is 2.48 bits per heavy atom. The molecular weight excluding hydrogens is 527 g/mol. The number of amides is 3. The Labute approximate surface area is 227 Å². The maximum Gasteiger partial charge on any atom is 0.331 e. The molecule has 0 spiro atoms. The summed E-state index contributed by atoms with van der Waals surface area (Å²) >= 11 is 0. The van der Waals surface area contributed by atoms with Crippen LogP contribution in [0.4, 0.5) is 23.7 Å². The summed E-state index contributed by atoms with van der Waals surface area (Å²) in [6.45, 7) is 4.22. The third kappa shape index (κ3) is 5.47. The average Bonchev–Trinajstić information content (AvgIpc) is 3.73. The van der Waals surface area contributed by atoms with Gasteiger partial charge < -0.3 is 15.5 Å². The van der Waals surface area contributed by atoms with Crippen molar-refractivity contribution < 1.29 is 22.8 Å². The number of fused-ring (bicyclic) bond motifs is 1. The minimum Gasteiger partial charge on any atom is -0.347 e. The van der Waals surface area contributed by atoms with Gasteiger partial charge in [0.15, 0.2) is 0 Å². The molecule has 0 radical (unpaired) electrons. The number of rotatable bonds is 6. The average molecular weight is 558 g/mol. The first-order chi connectivity index (χ1) is 19.0. The lowest BCUT2D eigenvalue weighted by molar-refractivity contribution is 0.0908. The lowest BCUT2D eigenvalue weighted by Gasteiger charge is -2.33. The Hall–Kier alpha value is -4.09. The van der Waals surface area contributed by atoms with E-state index in [0.29, 0.717) is 25.9 Å². The van der Waals surface area contributed by atoms with E-state index in [4.69, 9.17) is 0 Å². The van der Waals surface area contributed by atoms with Gasteiger partial charge in [-0.3, -0.25) is 18.7 Å². The van der Waals surface area contributed by atoms with E-state index in [1.807, 2.05) is 0 Å². The second kappa shape index (κ2) is 10.8. The minimum atomic E-state index is -0.866. The molecule has 9 nitrogen and oxygen atoms in total. The summed E-state index contributed by atoms with van der Waals surface area (Å²) in [6.07, 6.45) is 2.89. The Kier molecular flexibility index (Phi) is 7.43. The van der Waals surface area contributed by atoms with Crippen molar-refractivity contribution in [1.29, 1.82) is 0 Å². The van der Waals surface area contributed by atoms with Crippen molar-refractivity contribution in [2.75, 3.05) is 18.4 Å². The van der Waals surface area contributed by atoms with Gasteiger partial charge in [0.05, 0.1) is 22.2 Å². The van der Waals surface area contributed by atoms with Crippen LogP contribution in [0.3, 0.4) is 0 Å². The SMILES string of the molecule is CC(C)n1c(=O)n(CC2CC2)c(=O)c2cc(NC(=O)N3CCCC(NC(=O)c4cc(F)ccc4F)C3)c(F)cc21. The van der Waals surface area contributed by atoms with E-state index in [0.717, 1.165) is 37.1 Å². The van der Waals surface area contributed by atoms with Gasteiger partial charge in [-0.15, -0.1) is 0 Å². The van der Waals surface area contributed by atoms with E-state index >= 15 is 4.39 Å². The topological polar surface area (TPSA) is 105 Å². The zero-order valence-corrected chi connectivity index (χ0v) is 22.2. The van der Waals surface area contributed by atoms with E-state index in [-0.39, 0.29) is 35.1 Å². The zero-order chi connectivity index (χ0) is 28.7. The molecule has 0 bridgehead atoms. The number of aromatic nitrogens is 2. The third-order valence-electron chi connectivity index (χ3n) is 7.37. The van der Waals surface area contributed by atoms with Crippen LogP contribution in [0.2, 0.25) is 0 Å². The number of likely N-dealkylation sites (tertiary alicyclic amines) is 1. The predicted octanol–water partition coefficient (Wildman–Crippen LogP) is 4.00. The number of hydrogen-bond donors (Lipinski definition) is 2. The highest BCUT2D eigenvalue weighted by Crippen LogP contribution is 2.30. The lowest BCUT2D eigenvalue weighted by Crippen LogP contribution is -2.50. The molecule has 1 aliphatic heterocycles. The van der Waals surface area contributed by atoms with Crippen LogP contribution in [-0.4, -0.2) is 45.1 Å². The Morgan fingerprint density at radius 1 is 1.02 bits per heavy atom. The molecule has 1 aromatic heterocycles. The van der Waals surface area contributed by atoms with E-state index < -0.39 is 52.2 Å². The van der Waals surface area contributed by atoms with Crippen molar-refractivity contribution in [2.45, 2.75) is 58.2 Å². The zero-order valence-electron chi connectivity index (χ0n) is 22.2. The number of carbonyl (C=O) groups is 2. The summed E-state index contributed by atoms with van der Waals surface area (Å²) in [6, 6.07) is 3.40. The fraction of sp³-hybridized carbons (Fsp3) is 0.429. The molecule has 5 rings (SSSR count). The minimum absolute atomic E-state index is 0.0603. The molecule has 3 aromatic rings. The molecule has 1 saturated carbocycles. The highest BCUT2D eigenvalue weighted by atomic mass is 19.1. The van der Waals surface area contributed by atoms with Gasteiger partial charge >= 0.3 is 11.7 Å². The van der Waals surface area contributed by atoms with Crippen LogP contribution >= 0.6 is 0 Å². The summed E-state index contributed by atoms with van der Waals surface area (Å²) in [7, 11) is 0. The number of carbonyl (C=O) groups excluding carboxylic acids is 2. The fourth-order valence-electron chi connectivity index (χ4n) is 5.12. The molecule has 2 heterocycles. The molecule has 1 atom stereocenters. The van der Waals surface area contributed by atoms with Crippen molar-refractivity contribution in [3.8, 4) is 0 Å². The van der Waals surface area contributed by atoms with Crippen molar-refractivity contribution >= 4 is 28.5 Å². The van der Waals surface area contributed by atoms with E-state index in [1.54, 1.807) is 13.8 Å². The lowest BCUT2D eigenvalue weighted by atomic mass is 10.1. The van der Waals surface area contributed by atoms with E-state index in [1.165, 1.54) is 20.1 Å². The van der Waals surface area contributed by atoms with Crippen molar-refractivity contribution in [3.05, 3.63) is 74.2 Å². The van der Waals surface area contributed by atoms with Crippen molar-refractivity contribution in [3.63, 3.8) is 0 Å². The highest BCUT2D eigenvalue weighted by Gasteiger charge is 2.28. The summed E-state index contributed by atoms with van der Waals surface area (Å²) in [4.78, 5) is 53.3. The molecule has 212 valence electrons. The quantitative estimate of drug-likeness (QED) is 0.478. The van der Waals surface area contributed by atoms with Crippen LogP contribution in [0, 0.1) is 23.4 Å². The number of benzene rings is 2. The number of urea groups is 1. The summed E-state index contributed by atoms with van der Waals surface area (Å²) in [5.74, 6) is -2.97. The summed E-state index contributed by atoms with van der Waals surface area (Å²) in [5, 5.41) is 5.25. The maximum atomic E-state index is 15.2. The second-order valence-electron chi connectivity index (χ2n) is 10.8. The molecule has 1 saturated heterocycles.